The van der Waals surface area contributed by atoms with Gasteiger partial charge in [0.15, 0.2) is 10.8 Å². The summed E-state index contributed by atoms with van der Waals surface area (Å²) in [7, 11) is 0. The molecule has 1 aliphatic carbocycles. The zero-order valence-electron chi connectivity index (χ0n) is 8.54. The van der Waals surface area contributed by atoms with Crippen molar-refractivity contribution in [2.24, 2.45) is 11.8 Å². The molecule has 0 aromatic carbocycles. The highest BCUT2D eigenvalue weighted by atomic mass is 35.5. The molecule has 0 radical (unpaired) electrons. The molecule has 1 aliphatic heterocycles. The van der Waals surface area contributed by atoms with Crippen molar-refractivity contribution in [2.75, 3.05) is 18.0 Å². The molecule has 6 heteroatoms. The van der Waals surface area contributed by atoms with Gasteiger partial charge in [0, 0.05) is 25.5 Å². The van der Waals surface area contributed by atoms with E-state index in [4.69, 9.17) is 11.6 Å². The van der Waals surface area contributed by atoms with Crippen LogP contribution >= 0.6 is 11.6 Å². The lowest BCUT2D eigenvalue weighted by Crippen LogP contribution is -2.24. The monoisotopic (exact) mass is 235 g/mol. The van der Waals surface area contributed by atoms with Crippen molar-refractivity contribution >= 4 is 23.2 Å². The fourth-order valence-corrected chi connectivity index (χ4v) is 2.75. The van der Waals surface area contributed by atoms with Gasteiger partial charge in [-0.05, 0) is 18.3 Å². The maximum Gasteiger partial charge on any atom is 0.231 e. The first kappa shape index (κ1) is 8.75. The van der Waals surface area contributed by atoms with Crippen molar-refractivity contribution in [3.63, 3.8) is 0 Å². The number of aromatic nitrogens is 4. The van der Waals surface area contributed by atoms with E-state index in [2.05, 4.69) is 20.1 Å². The predicted octanol–water partition coefficient (Wildman–Crippen LogP) is 1.23. The lowest BCUT2D eigenvalue weighted by atomic mass is 10.4. The van der Waals surface area contributed by atoms with E-state index in [-0.39, 0.29) is 0 Å². The Hall–Kier alpha value is -1.36. The van der Waals surface area contributed by atoms with E-state index >= 15 is 0 Å². The van der Waals surface area contributed by atoms with Crippen molar-refractivity contribution in [1.82, 2.24) is 19.6 Å². The molecule has 2 fully saturated rings. The summed E-state index contributed by atoms with van der Waals surface area (Å²) >= 11 is 5.96. The molecular formula is C10H10ClN5. The molecule has 0 spiro atoms. The molecule has 2 aromatic heterocycles. The van der Waals surface area contributed by atoms with Gasteiger partial charge in [0.2, 0.25) is 5.95 Å². The summed E-state index contributed by atoms with van der Waals surface area (Å²) in [6.45, 7) is 2.21. The zero-order chi connectivity index (χ0) is 10.7. The molecular weight excluding hydrogens is 226 g/mol. The number of piperidine rings is 1. The minimum atomic E-state index is 0.408. The summed E-state index contributed by atoms with van der Waals surface area (Å²) < 4.78 is 1.92. The Balaban J connectivity index is 1.82. The maximum absolute atomic E-state index is 5.96. The van der Waals surface area contributed by atoms with Crippen LogP contribution in [0.3, 0.4) is 0 Å². The molecule has 0 bridgehead atoms. The van der Waals surface area contributed by atoms with Crippen molar-refractivity contribution < 1.29 is 0 Å². The lowest BCUT2D eigenvalue weighted by molar-refractivity contribution is 0.780. The molecule has 5 nitrogen and oxygen atoms in total. The van der Waals surface area contributed by atoms with E-state index in [1.165, 1.54) is 6.42 Å². The summed E-state index contributed by atoms with van der Waals surface area (Å²) in [4.78, 5) is 6.28. The third-order valence-corrected chi connectivity index (χ3v) is 3.79. The molecule has 0 unspecified atom stereocenters. The molecule has 0 amide bonds. The van der Waals surface area contributed by atoms with Crippen molar-refractivity contribution in [2.45, 2.75) is 6.42 Å². The summed E-state index contributed by atoms with van der Waals surface area (Å²) in [6, 6.07) is 0. The molecule has 2 aliphatic rings. The van der Waals surface area contributed by atoms with E-state index < -0.39 is 0 Å². The first-order valence-electron chi connectivity index (χ1n) is 5.43. The molecule has 1 saturated heterocycles. The van der Waals surface area contributed by atoms with Gasteiger partial charge in [0.25, 0.3) is 0 Å². The Bertz CT molecular complexity index is 555. The first-order chi connectivity index (χ1) is 7.83. The average molecular weight is 236 g/mol. The van der Waals surface area contributed by atoms with Gasteiger partial charge in [-0.3, -0.25) is 4.40 Å². The summed E-state index contributed by atoms with van der Waals surface area (Å²) in [6.07, 6.45) is 4.93. The average Bonchev–Trinajstić information content (AvgIpc) is 2.77. The molecule has 2 atom stereocenters. The van der Waals surface area contributed by atoms with E-state index in [0.717, 1.165) is 30.9 Å². The minimum Gasteiger partial charge on any atom is -0.340 e. The fourth-order valence-electron chi connectivity index (χ4n) is 2.56. The highest BCUT2D eigenvalue weighted by Gasteiger charge is 2.46. The second-order valence-electron chi connectivity index (χ2n) is 4.57. The number of fused-ring (bicyclic) bond motifs is 2. The standard InChI is InChI=1S/C10H10ClN5/c11-8-9-13-14-10(16(9)2-1-12-8)15-4-6-3-7(6)5-15/h1-2,6-7H,3-5H2/t6-,7+. The Morgan fingerprint density at radius 3 is 2.88 bits per heavy atom. The van der Waals surface area contributed by atoms with Crippen LogP contribution in [0.5, 0.6) is 0 Å². The molecule has 16 heavy (non-hydrogen) atoms. The highest BCUT2D eigenvalue weighted by molar-refractivity contribution is 6.32. The maximum atomic E-state index is 5.96. The van der Waals surface area contributed by atoms with E-state index in [0.29, 0.717) is 10.8 Å². The van der Waals surface area contributed by atoms with Crippen LogP contribution in [0.4, 0.5) is 5.95 Å². The van der Waals surface area contributed by atoms with Crippen LogP contribution in [-0.4, -0.2) is 32.7 Å². The largest absolute Gasteiger partial charge is 0.340 e. The third kappa shape index (κ3) is 1.09. The number of hydrogen-bond donors (Lipinski definition) is 0. The van der Waals surface area contributed by atoms with Crippen LogP contribution in [-0.2, 0) is 0 Å². The summed E-state index contributed by atoms with van der Waals surface area (Å²) in [5, 5.41) is 8.70. The first-order valence-corrected chi connectivity index (χ1v) is 5.81. The molecule has 82 valence electrons. The van der Waals surface area contributed by atoms with Crippen LogP contribution in [0, 0.1) is 11.8 Å². The van der Waals surface area contributed by atoms with Crippen LogP contribution in [0.15, 0.2) is 12.4 Å². The molecule has 1 saturated carbocycles. The highest BCUT2D eigenvalue weighted by Crippen LogP contribution is 2.45. The van der Waals surface area contributed by atoms with E-state index in [1.807, 2.05) is 10.6 Å². The van der Waals surface area contributed by atoms with Gasteiger partial charge in [0.1, 0.15) is 0 Å². The van der Waals surface area contributed by atoms with Crippen LogP contribution in [0.25, 0.3) is 5.65 Å². The summed E-state index contributed by atoms with van der Waals surface area (Å²) in [5.74, 6) is 2.65. The Kier molecular flexibility index (Phi) is 1.56. The van der Waals surface area contributed by atoms with Crippen LogP contribution in [0.2, 0.25) is 5.15 Å². The van der Waals surface area contributed by atoms with Gasteiger partial charge < -0.3 is 4.90 Å². The quantitative estimate of drug-likeness (QED) is 0.746. The second-order valence-corrected chi connectivity index (χ2v) is 4.93. The Morgan fingerprint density at radius 2 is 2.06 bits per heavy atom. The smallest absolute Gasteiger partial charge is 0.231 e. The van der Waals surface area contributed by atoms with Crippen LogP contribution < -0.4 is 4.90 Å². The van der Waals surface area contributed by atoms with Gasteiger partial charge in [-0.1, -0.05) is 11.6 Å². The summed E-state index contributed by atoms with van der Waals surface area (Å²) in [5.41, 5.74) is 0.639. The number of rotatable bonds is 1. The topological polar surface area (TPSA) is 46.3 Å². The van der Waals surface area contributed by atoms with E-state index in [1.54, 1.807) is 6.20 Å². The van der Waals surface area contributed by atoms with Gasteiger partial charge in [-0.15, -0.1) is 10.2 Å². The lowest BCUT2D eigenvalue weighted by Gasteiger charge is -2.16. The molecule has 3 heterocycles. The zero-order valence-corrected chi connectivity index (χ0v) is 9.30. The van der Waals surface area contributed by atoms with Gasteiger partial charge in [0.05, 0.1) is 0 Å². The fraction of sp³-hybridized carbons (Fsp3) is 0.500. The number of nitrogens with zero attached hydrogens (tertiary/aromatic N) is 5. The minimum absolute atomic E-state index is 0.408. The van der Waals surface area contributed by atoms with Crippen LogP contribution in [0.1, 0.15) is 6.42 Å². The Labute approximate surface area is 97.1 Å². The number of halogens is 1. The van der Waals surface area contributed by atoms with Gasteiger partial charge in [-0.2, -0.15) is 0 Å². The van der Waals surface area contributed by atoms with Gasteiger partial charge >= 0.3 is 0 Å². The molecule has 2 aromatic rings. The molecule has 0 N–H and O–H groups in total. The van der Waals surface area contributed by atoms with Crippen molar-refractivity contribution in [3.05, 3.63) is 17.5 Å². The van der Waals surface area contributed by atoms with Crippen molar-refractivity contribution in [3.8, 4) is 0 Å². The van der Waals surface area contributed by atoms with E-state index in [9.17, 15) is 0 Å². The Morgan fingerprint density at radius 1 is 1.25 bits per heavy atom. The van der Waals surface area contributed by atoms with Gasteiger partial charge in [-0.25, -0.2) is 4.98 Å². The normalized spacial score (nSPS) is 27.4. The number of hydrogen-bond acceptors (Lipinski definition) is 4. The second kappa shape index (κ2) is 2.85. The molecule has 4 rings (SSSR count). The number of anilines is 1. The predicted molar refractivity (Wildman–Crippen MR) is 59.6 cm³/mol. The SMILES string of the molecule is Clc1nccn2c(N3C[C@H]4C[C@H]4C3)nnc12. The van der Waals surface area contributed by atoms with Crippen molar-refractivity contribution in [1.29, 1.82) is 0 Å². The third-order valence-electron chi connectivity index (χ3n) is 3.53.